The van der Waals surface area contributed by atoms with E-state index in [0.29, 0.717) is 5.41 Å². The van der Waals surface area contributed by atoms with E-state index >= 15 is 0 Å². The third-order valence-corrected chi connectivity index (χ3v) is 3.47. The van der Waals surface area contributed by atoms with Crippen LogP contribution >= 0.6 is 0 Å². The molecule has 1 aromatic heterocycles. The van der Waals surface area contributed by atoms with Crippen LogP contribution in [0.4, 0.5) is 0 Å². The molecule has 110 valence electrons. The van der Waals surface area contributed by atoms with Crippen molar-refractivity contribution >= 4 is 0 Å². The zero-order valence-electron chi connectivity index (χ0n) is 13.1. The molecule has 4 nitrogen and oxygen atoms in total. The molecule has 0 fully saturated rings. The summed E-state index contributed by atoms with van der Waals surface area (Å²) in [5.74, 6) is 1.05. The van der Waals surface area contributed by atoms with Crippen LogP contribution in [0.1, 0.15) is 65.6 Å². The van der Waals surface area contributed by atoms with Gasteiger partial charge in [0, 0.05) is 13.1 Å². The topological polar surface area (TPSA) is 42.7 Å². The van der Waals surface area contributed by atoms with E-state index in [0.717, 1.165) is 31.9 Å². The van der Waals surface area contributed by atoms with Crippen LogP contribution in [0.25, 0.3) is 0 Å². The summed E-state index contributed by atoms with van der Waals surface area (Å²) in [5.41, 5.74) is 0.366. The van der Waals surface area contributed by atoms with Crippen molar-refractivity contribution in [3.05, 3.63) is 12.2 Å². The number of hydrogen-bond acceptors (Lipinski definition) is 3. The molecular formula is C15H30N4. The third-order valence-electron chi connectivity index (χ3n) is 3.47. The number of aromatic nitrogens is 3. The summed E-state index contributed by atoms with van der Waals surface area (Å²) in [6, 6.07) is 0. The zero-order valence-corrected chi connectivity index (χ0v) is 13.1. The van der Waals surface area contributed by atoms with Gasteiger partial charge in [-0.15, -0.1) is 0 Å². The van der Waals surface area contributed by atoms with Gasteiger partial charge >= 0.3 is 0 Å². The van der Waals surface area contributed by atoms with Crippen molar-refractivity contribution in [3.63, 3.8) is 0 Å². The van der Waals surface area contributed by atoms with Gasteiger partial charge in [0.25, 0.3) is 0 Å². The highest BCUT2D eigenvalue weighted by molar-refractivity contribution is 4.84. The summed E-state index contributed by atoms with van der Waals surface area (Å²) >= 11 is 0. The smallest absolute Gasteiger partial charge is 0.140 e. The maximum absolute atomic E-state index is 4.32. The Labute approximate surface area is 118 Å². The minimum Gasteiger partial charge on any atom is -0.309 e. The Morgan fingerprint density at radius 1 is 1.21 bits per heavy atom. The second kappa shape index (κ2) is 8.31. The number of unbranched alkanes of at least 4 members (excludes halogenated alkanes) is 2. The number of rotatable bonds is 10. The molecular weight excluding hydrogens is 236 g/mol. The van der Waals surface area contributed by atoms with Gasteiger partial charge in [-0.25, -0.2) is 9.67 Å². The quantitative estimate of drug-likeness (QED) is 0.660. The third kappa shape index (κ3) is 6.19. The first-order valence-corrected chi connectivity index (χ1v) is 7.66. The Kier molecular flexibility index (Phi) is 7.06. The maximum atomic E-state index is 4.32. The van der Waals surface area contributed by atoms with Gasteiger partial charge in [-0.2, -0.15) is 5.10 Å². The average molecular weight is 266 g/mol. The van der Waals surface area contributed by atoms with Crippen molar-refractivity contribution < 1.29 is 0 Å². The van der Waals surface area contributed by atoms with Crippen molar-refractivity contribution in [3.8, 4) is 0 Å². The molecule has 1 rings (SSSR count). The van der Waals surface area contributed by atoms with E-state index in [1.54, 1.807) is 6.33 Å². The summed E-state index contributed by atoms with van der Waals surface area (Å²) in [7, 11) is 0. The Balaban J connectivity index is 2.30. The van der Waals surface area contributed by atoms with Crippen LogP contribution in [0.2, 0.25) is 0 Å². The molecule has 1 aromatic rings. The second-order valence-electron chi connectivity index (χ2n) is 6.12. The van der Waals surface area contributed by atoms with E-state index in [1.807, 2.05) is 4.68 Å². The first kappa shape index (κ1) is 16.2. The minimum absolute atomic E-state index is 0.366. The highest BCUT2D eigenvalue weighted by Gasteiger charge is 2.17. The predicted molar refractivity (Wildman–Crippen MR) is 79.9 cm³/mol. The Morgan fingerprint density at radius 3 is 2.68 bits per heavy atom. The average Bonchev–Trinajstić information content (AvgIpc) is 2.77. The van der Waals surface area contributed by atoms with Gasteiger partial charge < -0.3 is 5.32 Å². The van der Waals surface area contributed by atoms with E-state index < -0.39 is 0 Å². The van der Waals surface area contributed by atoms with E-state index in [4.69, 9.17) is 0 Å². The summed E-state index contributed by atoms with van der Waals surface area (Å²) in [4.78, 5) is 4.32. The molecule has 1 N–H and O–H groups in total. The number of nitrogens with one attached hydrogen (secondary N) is 1. The number of aryl methyl sites for hydroxylation is 1. The van der Waals surface area contributed by atoms with Crippen molar-refractivity contribution in [2.75, 3.05) is 6.54 Å². The molecule has 0 aliphatic carbocycles. The van der Waals surface area contributed by atoms with Gasteiger partial charge in [-0.3, -0.25) is 0 Å². The van der Waals surface area contributed by atoms with Gasteiger partial charge in [0.1, 0.15) is 12.2 Å². The largest absolute Gasteiger partial charge is 0.309 e. The van der Waals surface area contributed by atoms with Crippen LogP contribution in [0.15, 0.2) is 6.33 Å². The predicted octanol–water partition coefficient (Wildman–Crippen LogP) is 3.38. The van der Waals surface area contributed by atoms with Gasteiger partial charge in [-0.1, -0.05) is 47.0 Å². The first-order chi connectivity index (χ1) is 9.09. The molecule has 0 aliphatic heterocycles. The molecule has 0 spiro atoms. The Hall–Kier alpha value is -0.900. The molecule has 4 heteroatoms. The lowest BCUT2D eigenvalue weighted by Gasteiger charge is -2.25. The Bertz CT molecular complexity index is 344. The molecule has 0 saturated carbocycles. The van der Waals surface area contributed by atoms with Gasteiger partial charge in [0.05, 0.1) is 6.54 Å². The van der Waals surface area contributed by atoms with E-state index in [9.17, 15) is 0 Å². The second-order valence-corrected chi connectivity index (χ2v) is 6.12. The van der Waals surface area contributed by atoms with Crippen LogP contribution in [0.5, 0.6) is 0 Å². The summed E-state index contributed by atoms with van der Waals surface area (Å²) < 4.78 is 2.00. The van der Waals surface area contributed by atoms with E-state index in [-0.39, 0.29) is 0 Å². The molecule has 1 heterocycles. The molecule has 0 saturated heterocycles. The van der Waals surface area contributed by atoms with Gasteiger partial charge in [0.15, 0.2) is 0 Å². The van der Waals surface area contributed by atoms with Crippen LogP contribution in [0.3, 0.4) is 0 Å². The van der Waals surface area contributed by atoms with Crippen LogP contribution < -0.4 is 5.32 Å². The molecule has 0 radical (unpaired) electrons. The molecule has 0 aliphatic rings. The summed E-state index contributed by atoms with van der Waals surface area (Å²) in [6.07, 6.45) is 8.00. The van der Waals surface area contributed by atoms with Crippen LogP contribution in [0, 0.1) is 5.41 Å². The van der Waals surface area contributed by atoms with Crippen LogP contribution in [-0.2, 0) is 13.1 Å². The highest BCUT2D eigenvalue weighted by Crippen LogP contribution is 2.22. The monoisotopic (exact) mass is 266 g/mol. The molecule has 0 atom stereocenters. The first-order valence-electron chi connectivity index (χ1n) is 7.66. The van der Waals surface area contributed by atoms with Crippen molar-refractivity contribution in [1.29, 1.82) is 0 Å². The lowest BCUT2D eigenvalue weighted by molar-refractivity contribution is 0.299. The van der Waals surface area contributed by atoms with Crippen LogP contribution in [-0.4, -0.2) is 21.3 Å². The zero-order chi connectivity index (χ0) is 14.1. The lowest BCUT2D eigenvalue weighted by Crippen LogP contribution is -2.30. The Morgan fingerprint density at radius 2 is 2.00 bits per heavy atom. The number of hydrogen-bond donors (Lipinski definition) is 1. The fraction of sp³-hybridized carbons (Fsp3) is 0.867. The molecule has 0 amide bonds. The minimum atomic E-state index is 0.366. The highest BCUT2D eigenvalue weighted by atomic mass is 15.3. The van der Waals surface area contributed by atoms with Crippen molar-refractivity contribution in [2.45, 2.75) is 72.9 Å². The summed E-state index contributed by atoms with van der Waals surface area (Å²) in [6.45, 7) is 11.9. The molecule has 0 aromatic carbocycles. The van der Waals surface area contributed by atoms with Crippen molar-refractivity contribution in [1.82, 2.24) is 20.1 Å². The standard InChI is InChI=1S/C15H30N4/c1-5-7-8-9-15(3,4)12-16-11-14-17-13-18-19(14)10-6-2/h13,16H,5-12H2,1-4H3. The van der Waals surface area contributed by atoms with E-state index in [2.05, 4.69) is 43.1 Å². The van der Waals surface area contributed by atoms with Crippen molar-refractivity contribution in [2.24, 2.45) is 5.41 Å². The lowest BCUT2D eigenvalue weighted by atomic mass is 9.87. The fourth-order valence-electron chi connectivity index (χ4n) is 2.28. The molecule has 0 unspecified atom stereocenters. The van der Waals surface area contributed by atoms with Gasteiger partial charge in [0.2, 0.25) is 0 Å². The fourth-order valence-corrected chi connectivity index (χ4v) is 2.28. The van der Waals surface area contributed by atoms with E-state index in [1.165, 1.54) is 25.7 Å². The summed E-state index contributed by atoms with van der Waals surface area (Å²) in [5, 5.41) is 7.78. The molecule has 0 bridgehead atoms. The molecule has 19 heavy (non-hydrogen) atoms. The maximum Gasteiger partial charge on any atom is 0.140 e. The number of nitrogens with zero attached hydrogens (tertiary/aromatic N) is 3. The normalized spacial score (nSPS) is 12.0. The van der Waals surface area contributed by atoms with Gasteiger partial charge in [-0.05, 0) is 18.3 Å². The SMILES string of the molecule is CCCCCC(C)(C)CNCc1ncnn1CCC.